The first-order valence-corrected chi connectivity index (χ1v) is 6.26. The summed E-state index contributed by atoms with van der Waals surface area (Å²) in [6, 6.07) is 3.18. The van der Waals surface area contributed by atoms with Gasteiger partial charge in [-0.15, -0.1) is 11.3 Å². The molecule has 0 saturated carbocycles. The zero-order chi connectivity index (χ0) is 13.1. The van der Waals surface area contributed by atoms with Crippen LogP contribution in [0.5, 0.6) is 0 Å². The molecule has 0 fully saturated rings. The fraction of sp³-hybridized carbons (Fsp3) is 0.250. The lowest BCUT2D eigenvalue weighted by molar-refractivity contribution is 0.0697. The molecule has 0 amide bonds. The molecule has 2 aromatic heterocycles. The predicted octanol–water partition coefficient (Wildman–Crippen LogP) is 2.18. The van der Waals surface area contributed by atoms with Gasteiger partial charge < -0.3 is 10.0 Å². The number of aromatic carboxylic acids is 1. The van der Waals surface area contributed by atoms with Crippen LogP contribution in [0, 0.1) is 6.92 Å². The molecular formula is C12H13N3O2S. The number of pyridine rings is 1. The van der Waals surface area contributed by atoms with E-state index < -0.39 is 5.97 Å². The highest BCUT2D eigenvalue weighted by atomic mass is 32.1. The third kappa shape index (κ3) is 2.48. The van der Waals surface area contributed by atoms with E-state index in [0.717, 1.165) is 10.6 Å². The number of carboxylic acids is 1. The van der Waals surface area contributed by atoms with E-state index in [2.05, 4.69) is 9.97 Å². The number of rotatable bonds is 4. The average molecular weight is 263 g/mol. The number of hydrogen-bond donors (Lipinski definition) is 1. The maximum Gasteiger partial charge on any atom is 0.339 e. The first-order valence-electron chi connectivity index (χ1n) is 5.38. The molecule has 0 spiro atoms. The molecule has 0 unspecified atom stereocenters. The maximum absolute atomic E-state index is 11.1. The first-order chi connectivity index (χ1) is 8.59. The van der Waals surface area contributed by atoms with Crippen molar-refractivity contribution in [2.24, 2.45) is 0 Å². The van der Waals surface area contributed by atoms with Gasteiger partial charge in [0.05, 0.1) is 17.7 Å². The summed E-state index contributed by atoms with van der Waals surface area (Å²) in [5, 5.41) is 9.12. The van der Waals surface area contributed by atoms with Crippen molar-refractivity contribution in [1.82, 2.24) is 9.97 Å². The number of carboxylic acid groups (broad SMARTS) is 1. The van der Waals surface area contributed by atoms with Gasteiger partial charge in [-0.2, -0.15) is 0 Å². The van der Waals surface area contributed by atoms with Crippen molar-refractivity contribution in [3.8, 4) is 0 Å². The van der Waals surface area contributed by atoms with Gasteiger partial charge in [0, 0.05) is 18.1 Å². The van der Waals surface area contributed by atoms with Gasteiger partial charge >= 0.3 is 5.97 Å². The summed E-state index contributed by atoms with van der Waals surface area (Å²) in [5.41, 5.74) is 2.97. The Hall–Kier alpha value is -1.95. The molecule has 0 saturated heterocycles. The standard InChI is InChI=1S/C12H13N3O2S/c1-8-10(18-7-14-8)6-15(2)11-9(12(16)17)4-3-5-13-11/h3-5,7H,6H2,1-2H3,(H,16,17). The molecule has 0 aliphatic heterocycles. The second-order valence-electron chi connectivity index (χ2n) is 3.90. The number of nitrogens with zero attached hydrogens (tertiary/aromatic N) is 3. The molecule has 1 N–H and O–H groups in total. The van der Waals surface area contributed by atoms with Crippen LogP contribution in [0.25, 0.3) is 0 Å². The Morgan fingerprint density at radius 3 is 2.89 bits per heavy atom. The van der Waals surface area contributed by atoms with E-state index in [4.69, 9.17) is 5.11 Å². The average Bonchev–Trinajstić information content (AvgIpc) is 2.75. The van der Waals surface area contributed by atoms with Gasteiger partial charge in [0.15, 0.2) is 0 Å². The summed E-state index contributed by atoms with van der Waals surface area (Å²) in [5.74, 6) is -0.497. The smallest absolute Gasteiger partial charge is 0.339 e. The third-order valence-corrected chi connectivity index (χ3v) is 3.52. The molecule has 0 bridgehead atoms. The van der Waals surface area contributed by atoms with Gasteiger partial charge in [0.1, 0.15) is 11.4 Å². The lowest BCUT2D eigenvalue weighted by atomic mass is 10.2. The van der Waals surface area contributed by atoms with Gasteiger partial charge in [-0.3, -0.25) is 0 Å². The van der Waals surface area contributed by atoms with Crippen molar-refractivity contribution < 1.29 is 9.90 Å². The Morgan fingerprint density at radius 2 is 2.28 bits per heavy atom. The van der Waals surface area contributed by atoms with E-state index in [-0.39, 0.29) is 5.56 Å². The van der Waals surface area contributed by atoms with Crippen molar-refractivity contribution in [3.63, 3.8) is 0 Å². The summed E-state index contributed by atoms with van der Waals surface area (Å²) in [4.78, 5) is 22.4. The lowest BCUT2D eigenvalue weighted by Gasteiger charge is -2.19. The minimum atomic E-state index is -0.967. The van der Waals surface area contributed by atoms with Crippen LogP contribution < -0.4 is 4.90 Å². The van der Waals surface area contributed by atoms with Crippen molar-refractivity contribution in [2.75, 3.05) is 11.9 Å². The topological polar surface area (TPSA) is 66.3 Å². The third-order valence-electron chi connectivity index (χ3n) is 2.60. The molecule has 94 valence electrons. The molecule has 0 aliphatic carbocycles. The van der Waals surface area contributed by atoms with Crippen molar-refractivity contribution in [3.05, 3.63) is 40.0 Å². The van der Waals surface area contributed by atoms with Crippen LogP contribution in [-0.4, -0.2) is 28.1 Å². The Balaban J connectivity index is 2.26. The summed E-state index contributed by atoms with van der Waals surface area (Å²) < 4.78 is 0. The number of aromatic nitrogens is 2. The summed E-state index contributed by atoms with van der Waals surface area (Å²) >= 11 is 1.56. The molecule has 2 heterocycles. The molecule has 6 heteroatoms. The van der Waals surface area contributed by atoms with Crippen LogP contribution in [0.15, 0.2) is 23.8 Å². The zero-order valence-corrected chi connectivity index (χ0v) is 10.9. The molecular weight excluding hydrogens is 250 g/mol. The number of hydrogen-bond acceptors (Lipinski definition) is 5. The molecule has 0 aromatic carbocycles. The van der Waals surface area contributed by atoms with Gasteiger partial charge in [0.2, 0.25) is 0 Å². The normalized spacial score (nSPS) is 10.3. The summed E-state index contributed by atoms with van der Waals surface area (Å²) in [6.07, 6.45) is 1.60. The highest BCUT2D eigenvalue weighted by molar-refractivity contribution is 7.09. The van der Waals surface area contributed by atoms with Crippen LogP contribution in [-0.2, 0) is 6.54 Å². The number of aryl methyl sites for hydroxylation is 1. The minimum absolute atomic E-state index is 0.210. The zero-order valence-electron chi connectivity index (χ0n) is 10.1. The largest absolute Gasteiger partial charge is 0.478 e. The fourth-order valence-corrected chi connectivity index (χ4v) is 2.47. The molecule has 0 aliphatic rings. The second kappa shape index (κ2) is 5.14. The molecule has 5 nitrogen and oxygen atoms in total. The molecule has 18 heavy (non-hydrogen) atoms. The van der Waals surface area contributed by atoms with Crippen LogP contribution in [0.4, 0.5) is 5.82 Å². The number of thiazole rings is 1. The van der Waals surface area contributed by atoms with Crippen molar-refractivity contribution in [1.29, 1.82) is 0 Å². The van der Waals surface area contributed by atoms with Gasteiger partial charge in [0.25, 0.3) is 0 Å². The molecule has 0 atom stereocenters. The Kier molecular flexibility index (Phi) is 3.57. The van der Waals surface area contributed by atoms with Gasteiger partial charge in [-0.05, 0) is 19.1 Å². The fourth-order valence-electron chi connectivity index (χ4n) is 1.64. The highest BCUT2D eigenvalue weighted by Gasteiger charge is 2.15. The highest BCUT2D eigenvalue weighted by Crippen LogP contribution is 2.21. The minimum Gasteiger partial charge on any atom is -0.478 e. The monoisotopic (exact) mass is 263 g/mol. The summed E-state index contributed by atoms with van der Waals surface area (Å²) in [7, 11) is 1.83. The van der Waals surface area contributed by atoms with E-state index >= 15 is 0 Å². The molecule has 0 radical (unpaired) electrons. The molecule has 2 aromatic rings. The predicted molar refractivity (Wildman–Crippen MR) is 70.2 cm³/mol. The first kappa shape index (κ1) is 12.5. The summed E-state index contributed by atoms with van der Waals surface area (Å²) in [6.45, 7) is 2.55. The lowest BCUT2D eigenvalue weighted by Crippen LogP contribution is -2.20. The van der Waals surface area contributed by atoms with E-state index in [1.807, 2.05) is 18.9 Å². The SMILES string of the molecule is Cc1ncsc1CN(C)c1ncccc1C(=O)O. The maximum atomic E-state index is 11.1. The Bertz CT molecular complexity index is 568. The van der Waals surface area contributed by atoms with Gasteiger partial charge in [-0.25, -0.2) is 14.8 Å². The van der Waals surface area contributed by atoms with E-state index in [1.165, 1.54) is 0 Å². The van der Waals surface area contributed by atoms with Crippen LogP contribution in [0.2, 0.25) is 0 Å². The van der Waals surface area contributed by atoms with E-state index in [9.17, 15) is 4.79 Å². The second-order valence-corrected chi connectivity index (χ2v) is 4.84. The Labute approximate surface area is 109 Å². The van der Waals surface area contributed by atoms with Crippen LogP contribution in [0.1, 0.15) is 20.9 Å². The van der Waals surface area contributed by atoms with E-state index in [1.54, 1.807) is 35.2 Å². The van der Waals surface area contributed by atoms with E-state index in [0.29, 0.717) is 12.4 Å². The number of carbonyl (C=O) groups is 1. The number of anilines is 1. The Morgan fingerprint density at radius 1 is 1.50 bits per heavy atom. The quantitative estimate of drug-likeness (QED) is 0.915. The van der Waals surface area contributed by atoms with Crippen LogP contribution >= 0.6 is 11.3 Å². The van der Waals surface area contributed by atoms with Crippen molar-refractivity contribution >= 4 is 23.1 Å². The molecule has 2 rings (SSSR count). The van der Waals surface area contributed by atoms with Gasteiger partial charge in [-0.1, -0.05) is 0 Å². The van der Waals surface area contributed by atoms with Crippen molar-refractivity contribution in [2.45, 2.75) is 13.5 Å². The van der Waals surface area contributed by atoms with Crippen LogP contribution in [0.3, 0.4) is 0 Å².